The highest BCUT2D eigenvalue weighted by molar-refractivity contribution is 5.95. The van der Waals surface area contributed by atoms with Crippen molar-refractivity contribution in [2.45, 2.75) is 45.2 Å². The lowest BCUT2D eigenvalue weighted by atomic mass is 10.0. The summed E-state index contributed by atoms with van der Waals surface area (Å²) in [6, 6.07) is 0.209. The van der Waals surface area contributed by atoms with Crippen LogP contribution in [0.1, 0.15) is 42.2 Å². The van der Waals surface area contributed by atoms with E-state index in [-0.39, 0.29) is 11.9 Å². The van der Waals surface area contributed by atoms with Gasteiger partial charge >= 0.3 is 0 Å². The highest BCUT2D eigenvalue weighted by Gasteiger charge is 2.30. The van der Waals surface area contributed by atoms with Gasteiger partial charge in [-0.3, -0.25) is 9.48 Å². The zero-order valence-corrected chi connectivity index (χ0v) is 11.5. The van der Waals surface area contributed by atoms with E-state index in [1.165, 1.54) is 0 Å². The molecule has 1 aromatic rings. The average molecular weight is 263 g/mol. The second-order valence-electron chi connectivity index (χ2n) is 5.32. The molecule has 0 bridgehead atoms. The molecule has 19 heavy (non-hydrogen) atoms. The van der Waals surface area contributed by atoms with Crippen LogP contribution in [0.2, 0.25) is 0 Å². The normalized spacial score (nSPS) is 23.2. The van der Waals surface area contributed by atoms with Gasteiger partial charge in [-0.15, -0.1) is 0 Å². The quantitative estimate of drug-likeness (QED) is 0.812. The smallest absolute Gasteiger partial charge is 0.257 e. The number of ether oxygens (including phenoxy) is 1. The van der Waals surface area contributed by atoms with Crippen molar-refractivity contribution in [2.75, 3.05) is 19.8 Å². The summed E-state index contributed by atoms with van der Waals surface area (Å²) in [6.45, 7) is 5.05. The summed E-state index contributed by atoms with van der Waals surface area (Å²) in [5.41, 5.74) is 1.93. The van der Waals surface area contributed by atoms with Crippen LogP contribution in [0.4, 0.5) is 0 Å². The molecule has 1 saturated heterocycles. The molecule has 104 valence electrons. The molecule has 0 radical (unpaired) electrons. The zero-order valence-electron chi connectivity index (χ0n) is 11.5. The molecule has 0 spiro atoms. The molecule has 5 nitrogen and oxygen atoms in total. The van der Waals surface area contributed by atoms with Crippen molar-refractivity contribution in [2.24, 2.45) is 0 Å². The molecule has 2 aliphatic heterocycles. The fourth-order valence-electron chi connectivity index (χ4n) is 3.01. The van der Waals surface area contributed by atoms with Crippen molar-refractivity contribution in [1.82, 2.24) is 14.7 Å². The summed E-state index contributed by atoms with van der Waals surface area (Å²) in [7, 11) is 0. The SMILES string of the molecule is CCC1COCCN1C(=O)c1cnn2c1CCCC2. The third kappa shape index (κ3) is 2.27. The van der Waals surface area contributed by atoms with Crippen LogP contribution in [-0.4, -0.2) is 46.4 Å². The number of aromatic nitrogens is 2. The van der Waals surface area contributed by atoms with Gasteiger partial charge in [-0.2, -0.15) is 5.10 Å². The third-order valence-electron chi connectivity index (χ3n) is 4.17. The topological polar surface area (TPSA) is 47.4 Å². The zero-order chi connectivity index (χ0) is 13.2. The van der Waals surface area contributed by atoms with Crippen LogP contribution in [0, 0.1) is 0 Å². The molecule has 1 fully saturated rings. The van der Waals surface area contributed by atoms with Crippen LogP contribution < -0.4 is 0 Å². The summed E-state index contributed by atoms with van der Waals surface area (Å²) in [5, 5.41) is 4.36. The summed E-state index contributed by atoms with van der Waals surface area (Å²) < 4.78 is 7.47. The van der Waals surface area contributed by atoms with Gasteiger partial charge in [0.25, 0.3) is 5.91 Å². The van der Waals surface area contributed by atoms with Gasteiger partial charge in [-0.25, -0.2) is 0 Å². The van der Waals surface area contributed by atoms with Gasteiger partial charge in [0.05, 0.1) is 36.7 Å². The second-order valence-corrected chi connectivity index (χ2v) is 5.32. The van der Waals surface area contributed by atoms with Gasteiger partial charge in [0.2, 0.25) is 0 Å². The van der Waals surface area contributed by atoms with E-state index in [1.54, 1.807) is 6.20 Å². The second kappa shape index (κ2) is 5.33. The maximum Gasteiger partial charge on any atom is 0.257 e. The molecule has 1 amide bonds. The maximum absolute atomic E-state index is 12.7. The van der Waals surface area contributed by atoms with Crippen molar-refractivity contribution >= 4 is 5.91 Å². The number of amides is 1. The van der Waals surface area contributed by atoms with Crippen LogP contribution in [0.25, 0.3) is 0 Å². The van der Waals surface area contributed by atoms with Crippen LogP contribution in [0.15, 0.2) is 6.20 Å². The fourth-order valence-corrected chi connectivity index (χ4v) is 3.01. The Hall–Kier alpha value is -1.36. The first-order chi connectivity index (χ1) is 9.31. The van der Waals surface area contributed by atoms with E-state index in [2.05, 4.69) is 12.0 Å². The largest absolute Gasteiger partial charge is 0.377 e. The molecule has 3 rings (SSSR count). The van der Waals surface area contributed by atoms with Crippen LogP contribution in [0.3, 0.4) is 0 Å². The Morgan fingerprint density at radius 2 is 2.37 bits per heavy atom. The Morgan fingerprint density at radius 3 is 3.21 bits per heavy atom. The minimum absolute atomic E-state index is 0.137. The van der Waals surface area contributed by atoms with Gasteiger partial charge in [0.1, 0.15) is 0 Å². The van der Waals surface area contributed by atoms with Crippen LogP contribution in [-0.2, 0) is 17.7 Å². The number of morpholine rings is 1. The van der Waals surface area contributed by atoms with E-state index >= 15 is 0 Å². The van der Waals surface area contributed by atoms with Crippen LogP contribution >= 0.6 is 0 Å². The minimum atomic E-state index is 0.137. The molecule has 5 heteroatoms. The number of hydrogen-bond donors (Lipinski definition) is 0. The van der Waals surface area contributed by atoms with E-state index in [0.29, 0.717) is 19.8 Å². The van der Waals surface area contributed by atoms with E-state index < -0.39 is 0 Å². The molecule has 0 aliphatic carbocycles. The Kier molecular flexibility index (Phi) is 3.55. The number of rotatable bonds is 2. The van der Waals surface area contributed by atoms with Crippen molar-refractivity contribution in [1.29, 1.82) is 0 Å². The lowest BCUT2D eigenvalue weighted by Crippen LogP contribution is -2.48. The first kappa shape index (κ1) is 12.7. The van der Waals surface area contributed by atoms with E-state index in [9.17, 15) is 4.79 Å². The number of fused-ring (bicyclic) bond motifs is 1. The molecule has 0 saturated carbocycles. The third-order valence-corrected chi connectivity index (χ3v) is 4.17. The lowest BCUT2D eigenvalue weighted by molar-refractivity contribution is -0.00287. The van der Waals surface area contributed by atoms with Crippen LogP contribution in [0.5, 0.6) is 0 Å². The van der Waals surface area contributed by atoms with E-state index in [1.807, 2.05) is 9.58 Å². The standard InChI is InChI=1S/C14H21N3O2/c1-2-11-10-19-8-7-16(11)14(18)12-9-15-17-6-4-3-5-13(12)17/h9,11H,2-8,10H2,1H3. The van der Waals surface area contributed by atoms with Crippen molar-refractivity contribution < 1.29 is 9.53 Å². The summed E-state index contributed by atoms with van der Waals surface area (Å²) in [4.78, 5) is 14.7. The molecule has 3 heterocycles. The molecule has 2 aliphatic rings. The first-order valence-corrected chi connectivity index (χ1v) is 7.24. The van der Waals surface area contributed by atoms with Gasteiger partial charge in [-0.1, -0.05) is 6.92 Å². The molecule has 1 atom stereocenters. The Morgan fingerprint density at radius 1 is 1.47 bits per heavy atom. The monoisotopic (exact) mass is 263 g/mol. The molecular formula is C14H21N3O2. The Bertz CT molecular complexity index is 469. The minimum Gasteiger partial charge on any atom is -0.377 e. The molecular weight excluding hydrogens is 242 g/mol. The predicted molar refractivity (Wildman–Crippen MR) is 71.1 cm³/mol. The van der Waals surface area contributed by atoms with E-state index in [0.717, 1.165) is 43.5 Å². The molecule has 0 N–H and O–H groups in total. The van der Waals surface area contributed by atoms with E-state index in [4.69, 9.17) is 4.74 Å². The highest BCUT2D eigenvalue weighted by Crippen LogP contribution is 2.21. The van der Waals surface area contributed by atoms with Crippen molar-refractivity contribution in [3.63, 3.8) is 0 Å². The summed E-state index contributed by atoms with van der Waals surface area (Å²) in [6.07, 6.45) is 5.99. The van der Waals surface area contributed by atoms with Gasteiger partial charge < -0.3 is 9.64 Å². The van der Waals surface area contributed by atoms with Crippen molar-refractivity contribution in [3.05, 3.63) is 17.5 Å². The lowest BCUT2D eigenvalue weighted by Gasteiger charge is -2.35. The maximum atomic E-state index is 12.7. The number of carbonyl (C=O) groups excluding carboxylic acids is 1. The van der Waals surface area contributed by atoms with Gasteiger partial charge in [-0.05, 0) is 25.7 Å². The van der Waals surface area contributed by atoms with Gasteiger partial charge in [0, 0.05) is 13.1 Å². The number of carbonyl (C=O) groups is 1. The van der Waals surface area contributed by atoms with Crippen molar-refractivity contribution in [3.8, 4) is 0 Å². The molecule has 1 unspecified atom stereocenters. The summed E-state index contributed by atoms with van der Waals surface area (Å²) in [5.74, 6) is 0.137. The number of nitrogens with zero attached hydrogens (tertiary/aromatic N) is 3. The van der Waals surface area contributed by atoms with Gasteiger partial charge in [0.15, 0.2) is 0 Å². The first-order valence-electron chi connectivity index (χ1n) is 7.24. The molecule has 0 aromatic carbocycles. The Balaban J connectivity index is 1.84. The average Bonchev–Trinajstić information content (AvgIpc) is 2.90. The highest BCUT2D eigenvalue weighted by atomic mass is 16.5. The number of aryl methyl sites for hydroxylation is 1. The Labute approximate surface area is 113 Å². The fraction of sp³-hybridized carbons (Fsp3) is 0.714. The molecule has 1 aromatic heterocycles. The predicted octanol–water partition coefficient (Wildman–Crippen LogP) is 1.47. The number of hydrogen-bond acceptors (Lipinski definition) is 3. The summed E-state index contributed by atoms with van der Waals surface area (Å²) >= 11 is 0.